The number of amides is 1. The summed E-state index contributed by atoms with van der Waals surface area (Å²) in [6, 6.07) is 12.6. The number of sulfonamides is 1. The zero-order chi connectivity index (χ0) is 19.4. The van der Waals surface area contributed by atoms with Gasteiger partial charge in [-0.1, -0.05) is 29.8 Å². The minimum atomic E-state index is -3.55. The van der Waals surface area contributed by atoms with Gasteiger partial charge >= 0.3 is 0 Å². The maximum atomic E-state index is 12.4. The highest BCUT2D eigenvalue weighted by atomic mass is 32.2. The van der Waals surface area contributed by atoms with E-state index in [0.29, 0.717) is 30.4 Å². The van der Waals surface area contributed by atoms with Gasteiger partial charge in [0.05, 0.1) is 12.8 Å². The van der Waals surface area contributed by atoms with Crippen molar-refractivity contribution in [2.45, 2.75) is 13.5 Å². The van der Waals surface area contributed by atoms with Crippen LogP contribution in [-0.2, 0) is 21.4 Å². The van der Waals surface area contributed by atoms with Crippen LogP contribution in [0.3, 0.4) is 0 Å². The number of hydrogen-bond acceptors (Lipinski definition) is 5. The van der Waals surface area contributed by atoms with Gasteiger partial charge in [0, 0.05) is 18.3 Å². The molecule has 0 saturated carbocycles. The summed E-state index contributed by atoms with van der Waals surface area (Å²) in [6.45, 7) is 2.73. The molecule has 1 aliphatic rings. The standard InChI is InChI=1S/C19H22N2O5S/c1-14-4-3-5-15(10-14)12-21(27(2,23)24)13-19(22)20-16-6-7-17-18(11-16)26-9-8-25-17/h3-7,10-11H,8-9,12-13H2,1-2H3,(H,20,22). The van der Waals surface area contributed by atoms with E-state index in [4.69, 9.17) is 9.47 Å². The third-order valence-corrected chi connectivity index (χ3v) is 5.25. The predicted octanol–water partition coefficient (Wildman–Crippen LogP) is 2.17. The molecule has 0 atom stereocenters. The number of aryl methyl sites for hydroxylation is 1. The number of anilines is 1. The number of nitrogens with zero attached hydrogens (tertiary/aromatic N) is 1. The molecule has 0 saturated heterocycles. The van der Waals surface area contributed by atoms with Gasteiger partial charge in [-0.3, -0.25) is 4.79 Å². The molecule has 2 aromatic rings. The highest BCUT2D eigenvalue weighted by Gasteiger charge is 2.21. The molecule has 0 bridgehead atoms. The summed E-state index contributed by atoms with van der Waals surface area (Å²) in [5, 5.41) is 2.71. The zero-order valence-electron chi connectivity index (χ0n) is 15.3. The van der Waals surface area contributed by atoms with Crippen molar-refractivity contribution >= 4 is 21.6 Å². The third-order valence-electron chi connectivity index (χ3n) is 4.06. The first-order chi connectivity index (χ1) is 12.8. The molecule has 8 heteroatoms. The Morgan fingerprint density at radius 3 is 2.56 bits per heavy atom. The second kappa shape index (κ2) is 7.98. The topological polar surface area (TPSA) is 84.9 Å². The van der Waals surface area contributed by atoms with Crippen LogP contribution in [0.5, 0.6) is 11.5 Å². The summed E-state index contributed by atoms with van der Waals surface area (Å²) in [5.41, 5.74) is 2.38. The van der Waals surface area contributed by atoms with Crippen molar-refractivity contribution in [3.05, 3.63) is 53.6 Å². The largest absolute Gasteiger partial charge is 0.486 e. The van der Waals surface area contributed by atoms with E-state index in [1.165, 1.54) is 0 Å². The van der Waals surface area contributed by atoms with Crippen LogP contribution in [0.15, 0.2) is 42.5 Å². The molecular formula is C19H22N2O5S. The van der Waals surface area contributed by atoms with Gasteiger partial charge in [0.15, 0.2) is 11.5 Å². The minimum Gasteiger partial charge on any atom is -0.486 e. The van der Waals surface area contributed by atoms with E-state index in [1.54, 1.807) is 18.2 Å². The van der Waals surface area contributed by atoms with E-state index in [0.717, 1.165) is 21.7 Å². The number of nitrogens with one attached hydrogen (secondary N) is 1. The molecule has 1 amide bonds. The lowest BCUT2D eigenvalue weighted by Gasteiger charge is -2.21. The molecule has 3 rings (SSSR count). The van der Waals surface area contributed by atoms with Crippen molar-refractivity contribution in [1.29, 1.82) is 0 Å². The van der Waals surface area contributed by atoms with E-state index in [9.17, 15) is 13.2 Å². The Morgan fingerprint density at radius 2 is 1.85 bits per heavy atom. The lowest BCUT2D eigenvalue weighted by Crippen LogP contribution is -2.36. The average molecular weight is 390 g/mol. The van der Waals surface area contributed by atoms with E-state index in [2.05, 4.69) is 5.32 Å². The second-order valence-corrected chi connectivity index (χ2v) is 8.41. The summed E-state index contributed by atoms with van der Waals surface area (Å²) in [6.07, 6.45) is 1.10. The van der Waals surface area contributed by atoms with Crippen LogP contribution in [0.1, 0.15) is 11.1 Å². The minimum absolute atomic E-state index is 0.134. The van der Waals surface area contributed by atoms with Crippen molar-refractivity contribution < 1.29 is 22.7 Å². The van der Waals surface area contributed by atoms with Crippen LogP contribution < -0.4 is 14.8 Å². The van der Waals surface area contributed by atoms with E-state index in [1.807, 2.05) is 31.2 Å². The Morgan fingerprint density at radius 1 is 1.11 bits per heavy atom. The normalized spacial score (nSPS) is 13.4. The highest BCUT2D eigenvalue weighted by Crippen LogP contribution is 2.32. The first-order valence-electron chi connectivity index (χ1n) is 8.51. The SMILES string of the molecule is Cc1cccc(CN(CC(=O)Nc2ccc3c(c2)OCCO3)S(C)(=O)=O)c1. The molecule has 0 spiro atoms. The molecular weight excluding hydrogens is 368 g/mol. The summed E-state index contributed by atoms with van der Waals surface area (Å²) in [5.74, 6) is 0.750. The van der Waals surface area contributed by atoms with Crippen LogP contribution in [0.25, 0.3) is 0 Å². The Hall–Kier alpha value is -2.58. The van der Waals surface area contributed by atoms with Crippen LogP contribution in [0.2, 0.25) is 0 Å². The quantitative estimate of drug-likeness (QED) is 0.817. The molecule has 0 aromatic heterocycles. The summed E-state index contributed by atoms with van der Waals surface area (Å²) in [4.78, 5) is 12.4. The molecule has 7 nitrogen and oxygen atoms in total. The smallest absolute Gasteiger partial charge is 0.239 e. The molecule has 0 aliphatic carbocycles. The average Bonchev–Trinajstić information content (AvgIpc) is 2.60. The maximum absolute atomic E-state index is 12.4. The number of benzene rings is 2. The van der Waals surface area contributed by atoms with Crippen LogP contribution in [0.4, 0.5) is 5.69 Å². The fourth-order valence-corrected chi connectivity index (χ4v) is 3.52. The summed E-state index contributed by atoms with van der Waals surface area (Å²) >= 11 is 0. The van der Waals surface area contributed by atoms with Crippen LogP contribution in [0, 0.1) is 6.92 Å². The molecule has 1 heterocycles. The van der Waals surface area contributed by atoms with E-state index in [-0.39, 0.29) is 13.1 Å². The third kappa shape index (κ3) is 5.21. The van der Waals surface area contributed by atoms with Gasteiger partial charge in [0.1, 0.15) is 13.2 Å². The molecule has 0 unspecified atom stereocenters. The monoisotopic (exact) mass is 390 g/mol. The predicted molar refractivity (Wildman–Crippen MR) is 102 cm³/mol. The number of carbonyl (C=O) groups is 1. The van der Waals surface area contributed by atoms with Gasteiger partial charge in [0.2, 0.25) is 15.9 Å². The molecule has 144 valence electrons. The molecule has 1 aliphatic heterocycles. The van der Waals surface area contributed by atoms with Crippen LogP contribution >= 0.6 is 0 Å². The Bertz CT molecular complexity index is 943. The van der Waals surface area contributed by atoms with Gasteiger partial charge in [-0.25, -0.2) is 8.42 Å². The number of rotatable bonds is 6. The molecule has 0 fully saturated rings. The molecule has 2 aromatic carbocycles. The van der Waals surface area contributed by atoms with Crippen molar-refractivity contribution in [1.82, 2.24) is 4.31 Å². The van der Waals surface area contributed by atoms with Crippen molar-refractivity contribution in [3.8, 4) is 11.5 Å². The lowest BCUT2D eigenvalue weighted by molar-refractivity contribution is -0.116. The fraction of sp³-hybridized carbons (Fsp3) is 0.316. The number of hydrogen-bond donors (Lipinski definition) is 1. The lowest BCUT2D eigenvalue weighted by atomic mass is 10.1. The van der Waals surface area contributed by atoms with Gasteiger partial charge in [-0.05, 0) is 24.6 Å². The van der Waals surface area contributed by atoms with E-state index >= 15 is 0 Å². The van der Waals surface area contributed by atoms with Gasteiger partial charge in [-0.15, -0.1) is 0 Å². The Kier molecular flexibility index (Phi) is 5.67. The van der Waals surface area contributed by atoms with Crippen molar-refractivity contribution in [2.75, 3.05) is 31.3 Å². The summed E-state index contributed by atoms with van der Waals surface area (Å²) < 4.78 is 36.3. The molecule has 27 heavy (non-hydrogen) atoms. The first-order valence-corrected chi connectivity index (χ1v) is 10.4. The van der Waals surface area contributed by atoms with E-state index < -0.39 is 15.9 Å². The fourth-order valence-electron chi connectivity index (χ4n) is 2.79. The molecule has 0 radical (unpaired) electrons. The zero-order valence-corrected chi connectivity index (χ0v) is 16.1. The number of fused-ring (bicyclic) bond motifs is 1. The van der Waals surface area contributed by atoms with Gasteiger partial charge < -0.3 is 14.8 Å². The van der Waals surface area contributed by atoms with Gasteiger partial charge in [-0.2, -0.15) is 4.31 Å². The van der Waals surface area contributed by atoms with Gasteiger partial charge in [0.25, 0.3) is 0 Å². The number of carbonyl (C=O) groups excluding carboxylic acids is 1. The maximum Gasteiger partial charge on any atom is 0.239 e. The Balaban J connectivity index is 1.69. The van der Waals surface area contributed by atoms with Crippen molar-refractivity contribution in [2.24, 2.45) is 0 Å². The summed E-state index contributed by atoms with van der Waals surface area (Å²) in [7, 11) is -3.55. The molecule has 1 N–H and O–H groups in total. The second-order valence-electron chi connectivity index (χ2n) is 6.43. The first kappa shape index (κ1) is 19.2. The Labute approximate surface area is 158 Å². The number of ether oxygens (including phenoxy) is 2. The van der Waals surface area contributed by atoms with Crippen molar-refractivity contribution in [3.63, 3.8) is 0 Å². The van der Waals surface area contributed by atoms with Crippen LogP contribution in [-0.4, -0.2) is 44.6 Å². The highest BCUT2D eigenvalue weighted by molar-refractivity contribution is 7.88.